The van der Waals surface area contributed by atoms with Gasteiger partial charge in [0, 0.05) is 68.1 Å². The van der Waals surface area contributed by atoms with Crippen molar-refractivity contribution in [1.82, 2.24) is 19.6 Å². The summed E-state index contributed by atoms with van der Waals surface area (Å²) in [4.78, 5) is 18.9. The summed E-state index contributed by atoms with van der Waals surface area (Å²) < 4.78 is 29.0. The van der Waals surface area contributed by atoms with Gasteiger partial charge in [0.1, 0.15) is 11.3 Å². The fraction of sp³-hybridized carbons (Fsp3) is 0.548. The number of carbonyl (C=O) groups is 1. The Morgan fingerprint density at radius 1 is 1.17 bits per heavy atom. The zero-order valence-corrected chi connectivity index (χ0v) is 24.8. The number of anilines is 1. The van der Waals surface area contributed by atoms with Crippen LogP contribution in [-0.2, 0) is 0 Å². The van der Waals surface area contributed by atoms with Crippen molar-refractivity contribution in [3.63, 3.8) is 0 Å². The Hall–Kier alpha value is -2.75. The van der Waals surface area contributed by atoms with Crippen LogP contribution in [0.1, 0.15) is 67.7 Å². The van der Waals surface area contributed by atoms with E-state index < -0.39 is 23.7 Å². The molecule has 1 aliphatic carbocycles. The van der Waals surface area contributed by atoms with Gasteiger partial charge in [0.2, 0.25) is 0 Å². The molecule has 3 heterocycles. The lowest BCUT2D eigenvalue weighted by Gasteiger charge is -2.41. The largest absolute Gasteiger partial charge is 0.478 e. The molecule has 0 bridgehead atoms. The Morgan fingerprint density at radius 2 is 1.93 bits per heavy atom. The molecule has 3 atom stereocenters. The molecule has 3 aliphatic rings. The van der Waals surface area contributed by atoms with Crippen LogP contribution >= 0.6 is 11.6 Å². The standard InChI is InChI=1S/C31H40ClF2N5O2/c1-20(2)18-36-11-13-37(14-12-36)27-9-6-22(15-21(27)3)25-8-7-23(32)16-28(25)38-10-4-5-24(19-38)39-29(30(33)34)26(17-35-39)31(40)41/h6-9,15-17,20-21,24,27,30H,4-5,10-14,18-19H2,1-3H3,(H,40,41). The number of rotatable bonds is 8. The van der Waals surface area contributed by atoms with E-state index in [1.54, 1.807) is 0 Å². The van der Waals surface area contributed by atoms with Crippen LogP contribution in [0, 0.1) is 11.8 Å². The van der Waals surface area contributed by atoms with E-state index in [2.05, 4.69) is 58.8 Å². The molecule has 41 heavy (non-hydrogen) atoms. The summed E-state index contributed by atoms with van der Waals surface area (Å²) in [6.45, 7) is 13.5. The van der Waals surface area contributed by atoms with Crippen LogP contribution < -0.4 is 4.90 Å². The number of nitrogens with zero attached hydrogens (tertiary/aromatic N) is 5. The number of aromatic carboxylic acids is 1. The van der Waals surface area contributed by atoms with Gasteiger partial charge in [-0.3, -0.25) is 9.58 Å². The quantitative estimate of drug-likeness (QED) is 0.394. The number of benzene rings is 1. The number of hydrogen-bond donors (Lipinski definition) is 1. The van der Waals surface area contributed by atoms with Gasteiger partial charge in [-0.1, -0.05) is 56.7 Å². The summed E-state index contributed by atoms with van der Waals surface area (Å²) in [6.07, 6.45) is 6.37. The maximum Gasteiger partial charge on any atom is 0.339 e. The van der Waals surface area contributed by atoms with Gasteiger partial charge in [-0.2, -0.15) is 5.10 Å². The number of hydrogen-bond acceptors (Lipinski definition) is 5. The summed E-state index contributed by atoms with van der Waals surface area (Å²) in [5, 5.41) is 14.1. The fourth-order valence-electron chi connectivity index (χ4n) is 6.64. The molecular weight excluding hydrogens is 548 g/mol. The second-order valence-electron chi connectivity index (χ2n) is 12.0. The summed E-state index contributed by atoms with van der Waals surface area (Å²) in [5.74, 6) is -0.383. The van der Waals surface area contributed by atoms with Crippen molar-refractivity contribution in [3.8, 4) is 0 Å². The van der Waals surface area contributed by atoms with Crippen LogP contribution in [0.15, 0.2) is 42.6 Å². The second-order valence-corrected chi connectivity index (χ2v) is 12.4. The SMILES string of the molecule is CC(C)CN1CCN(C2C=CC(c3ccc(Cl)cc3N3CCCC(n4ncc(C(=O)O)c4C(F)F)C3)=CC2C)CC1. The molecule has 2 aromatic rings. The van der Waals surface area contributed by atoms with Gasteiger partial charge in [0.05, 0.1) is 12.2 Å². The first-order chi connectivity index (χ1) is 19.6. The van der Waals surface area contributed by atoms with E-state index in [4.69, 9.17) is 11.6 Å². The lowest BCUT2D eigenvalue weighted by atomic mass is 9.87. The van der Waals surface area contributed by atoms with Crippen molar-refractivity contribution in [2.45, 2.75) is 52.1 Å². The van der Waals surface area contributed by atoms with Gasteiger partial charge in [0.25, 0.3) is 6.43 Å². The number of piperazine rings is 1. The molecule has 7 nitrogen and oxygen atoms in total. The van der Waals surface area contributed by atoms with E-state index in [-0.39, 0.29) is 6.04 Å². The molecule has 1 N–H and O–H groups in total. The molecule has 2 fully saturated rings. The lowest BCUT2D eigenvalue weighted by Crippen LogP contribution is -2.52. The average molecular weight is 588 g/mol. The maximum atomic E-state index is 13.9. The van der Waals surface area contributed by atoms with Crippen molar-refractivity contribution in [1.29, 1.82) is 0 Å². The molecular formula is C31H40ClF2N5O2. The van der Waals surface area contributed by atoms with E-state index in [0.717, 1.165) is 68.7 Å². The highest BCUT2D eigenvalue weighted by molar-refractivity contribution is 6.31. The molecule has 3 unspecified atom stereocenters. The van der Waals surface area contributed by atoms with Crippen LogP contribution in [-0.4, -0.2) is 82.5 Å². The smallest absolute Gasteiger partial charge is 0.339 e. The minimum absolute atomic E-state index is 0.330. The van der Waals surface area contributed by atoms with Crippen LogP contribution in [0.3, 0.4) is 0 Å². The molecule has 1 aromatic carbocycles. The van der Waals surface area contributed by atoms with E-state index in [0.29, 0.717) is 35.9 Å². The minimum atomic E-state index is -2.93. The molecule has 0 saturated carbocycles. The number of carboxylic acids is 1. The predicted molar refractivity (Wildman–Crippen MR) is 159 cm³/mol. The summed E-state index contributed by atoms with van der Waals surface area (Å²) >= 11 is 6.47. The summed E-state index contributed by atoms with van der Waals surface area (Å²) in [6, 6.07) is 5.85. The third kappa shape index (κ3) is 6.52. The third-order valence-electron chi connectivity index (χ3n) is 8.53. The zero-order chi connectivity index (χ0) is 29.3. The van der Waals surface area contributed by atoms with E-state index >= 15 is 0 Å². The van der Waals surface area contributed by atoms with Crippen molar-refractivity contribution < 1.29 is 18.7 Å². The zero-order valence-electron chi connectivity index (χ0n) is 24.0. The van der Waals surface area contributed by atoms with Gasteiger partial charge in [-0.15, -0.1) is 0 Å². The first-order valence-corrected chi connectivity index (χ1v) is 15.0. The van der Waals surface area contributed by atoms with Crippen molar-refractivity contribution in [3.05, 3.63) is 64.5 Å². The van der Waals surface area contributed by atoms with Crippen LogP contribution in [0.25, 0.3) is 5.57 Å². The Morgan fingerprint density at radius 3 is 2.59 bits per heavy atom. The Kier molecular flexibility index (Phi) is 9.16. The monoisotopic (exact) mass is 587 g/mol. The Balaban J connectivity index is 1.35. The lowest BCUT2D eigenvalue weighted by molar-refractivity contribution is 0.0681. The number of aromatic nitrogens is 2. The van der Waals surface area contributed by atoms with E-state index in [1.165, 1.54) is 4.68 Å². The highest BCUT2D eigenvalue weighted by Crippen LogP contribution is 2.38. The van der Waals surface area contributed by atoms with Crippen molar-refractivity contribution >= 4 is 28.8 Å². The van der Waals surface area contributed by atoms with Crippen molar-refractivity contribution in [2.24, 2.45) is 11.8 Å². The van der Waals surface area contributed by atoms with Crippen LogP contribution in [0.2, 0.25) is 5.02 Å². The fourth-order valence-corrected chi connectivity index (χ4v) is 6.80. The highest BCUT2D eigenvalue weighted by atomic mass is 35.5. The first kappa shape index (κ1) is 29.7. The van der Waals surface area contributed by atoms with Gasteiger partial charge in [-0.05, 0) is 42.4 Å². The molecule has 10 heteroatoms. The number of halogens is 3. The molecule has 0 amide bonds. The van der Waals surface area contributed by atoms with E-state index in [1.807, 2.05) is 18.2 Å². The third-order valence-corrected chi connectivity index (χ3v) is 8.77. The molecule has 1 aromatic heterocycles. The van der Waals surface area contributed by atoms with Gasteiger partial charge >= 0.3 is 5.97 Å². The molecule has 2 aliphatic heterocycles. The average Bonchev–Trinajstić information content (AvgIpc) is 3.40. The highest BCUT2D eigenvalue weighted by Gasteiger charge is 2.32. The summed E-state index contributed by atoms with van der Waals surface area (Å²) in [7, 11) is 0. The number of piperidine rings is 1. The van der Waals surface area contributed by atoms with Gasteiger partial charge in [-0.25, -0.2) is 13.6 Å². The van der Waals surface area contributed by atoms with Gasteiger partial charge < -0.3 is 14.9 Å². The minimum Gasteiger partial charge on any atom is -0.478 e. The van der Waals surface area contributed by atoms with Gasteiger partial charge in [0.15, 0.2) is 0 Å². The second kappa shape index (κ2) is 12.6. The van der Waals surface area contributed by atoms with E-state index in [9.17, 15) is 18.7 Å². The molecule has 5 rings (SSSR count). The summed E-state index contributed by atoms with van der Waals surface area (Å²) in [5.41, 5.74) is 2.16. The predicted octanol–water partition coefficient (Wildman–Crippen LogP) is 6.25. The number of alkyl halides is 2. The number of carboxylic acid groups (broad SMARTS) is 1. The normalized spacial score (nSPS) is 24.3. The Labute approximate surface area is 246 Å². The molecule has 0 radical (unpaired) electrons. The topological polar surface area (TPSA) is 64.8 Å². The molecule has 2 saturated heterocycles. The van der Waals surface area contributed by atoms with Crippen molar-refractivity contribution in [2.75, 3.05) is 50.7 Å². The number of allylic oxidation sites excluding steroid dienone is 2. The molecule has 0 spiro atoms. The van der Waals surface area contributed by atoms with Crippen LogP contribution in [0.5, 0.6) is 0 Å². The molecule has 222 valence electrons. The maximum absolute atomic E-state index is 13.9. The Bertz CT molecular complexity index is 1300. The van der Waals surface area contributed by atoms with Crippen LogP contribution in [0.4, 0.5) is 14.5 Å². The first-order valence-electron chi connectivity index (χ1n) is 14.6.